The number of hydrogen-bond acceptors (Lipinski definition) is 4. The number of hydrogen-bond donors (Lipinski definition) is 0. The monoisotopic (exact) mass is 354 g/mol. The largest absolute Gasteiger partial charge is 0.343 e. The van der Waals surface area contributed by atoms with Crippen LogP contribution in [0.15, 0.2) is 24.3 Å². The van der Waals surface area contributed by atoms with Crippen molar-refractivity contribution >= 4 is 23.4 Å². The molecule has 3 rings (SSSR count). The first-order valence-electron chi connectivity index (χ1n) is 8.94. The number of nitriles is 1. The molecule has 0 atom stereocenters. The van der Waals surface area contributed by atoms with E-state index in [1.165, 1.54) is 0 Å². The molecule has 26 heavy (non-hydrogen) atoms. The second-order valence-corrected chi connectivity index (χ2v) is 6.61. The van der Waals surface area contributed by atoms with Gasteiger partial charge in [-0.2, -0.15) is 5.26 Å². The molecule has 0 aliphatic carbocycles. The average molecular weight is 354 g/mol. The number of piperazine rings is 1. The SMILES string of the molecule is N#Cc1ccc(N2CCN(C(=O)CCCN3CCCC3=O)CC2=O)cc1. The quantitative estimate of drug-likeness (QED) is 0.793. The molecular formula is C19H22N4O3. The summed E-state index contributed by atoms with van der Waals surface area (Å²) in [6.45, 7) is 2.41. The van der Waals surface area contributed by atoms with Crippen LogP contribution in [-0.2, 0) is 14.4 Å². The minimum absolute atomic E-state index is 0.0375. The number of likely N-dealkylation sites (tertiary alicyclic amines) is 1. The van der Waals surface area contributed by atoms with Gasteiger partial charge < -0.3 is 14.7 Å². The fourth-order valence-corrected chi connectivity index (χ4v) is 3.39. The van der Waals surface area contributed by atoms with Crippen molar-refractivity contribution in [3.63, 3.8) is 0 Å². The molecule has 0 spiro atoms. The van der Waals surface area contributed by atoms with Crippen LogP contribution in [-0.4, -0.2) is 60.2 Å². The number of amides is 3. The Bertz CT molecular complexity index is 738. The van der Waals surface area contributed by atoms with E-state index >= 15 is 0 Å². The lowest BCUT2D eigenvalue weighted by atomic mass is 10.1. The molecule has 136 valence electrons. The standard InChI is InChI=1S/C19H22N4O3/c20-13-15-5-7-16(8-6-15)23-12-11-22(14-19(23)26)18(25)4-2-10-21-9-1-3-17(21)24/h5-8H,1-4,9-12,14H2. The van der Waals surface area contributed by atoms with Gasteiger partial charge >= 0.3 is 0 Å². The topological polar surface area (TPSA) is 84.7 Å². The second-order valence-electron chi connectivity index (χ2n) is 6.61. The number of nitrogens with zero attached hydrogens (tertiary/aromatic N) is 4. The molecule has 0 unspecified atom stereocenters. The minimum Gasteiger partial charge on any atom is -0.343 e. The van der Waals surface area contributed by atoms with Crippen LogP contribution in [0, 0.1) is 11.3 Å². The molecule has 2 saturated heterocycles. The molecule has 7 heteroatoms. The van der Waals surface area contributed by atoms with E-state index in [-0.39, 0.29) is 24.3 Å². The summed E-state index contributed by atoms with van der Waals surface area (Å²) in [6.07, 6.45) is 2.50. The normalized spacial score (nSPS) is 17.6. The Balaban J connectivity index is 1.48. The van der Waals surface area contributed by atoms with Gasteiger partial charge in [-0.1, -0.05) is 0 Å². The first-order valence-corrected chi connectivity index (χ1v) is 8.94. The lowest BCUT2D eigenvalue weighted by Gasteiger charge is -2.34. The fraction of sp³-hybridized carbons (Fsp3) is 0.474. The zero-order valence-electron chi connectivity index (χ0n) is 14.7. The van der Waals surface area contributed by atoms with Crippen molar-refractivity contribution in [2.24, 2.45) is 0 Å². The molecule has 1 aromatic carbocycles. The highest BCUT2D eigenvalue weighted by Crippen LogP contribution is 2.19. The molecule has 0 aromatic heterocycles. The van der Waals surface area contributed by atoms with E-state index < -0.39 is 0 Å². The van der Waals surface area contributed by atoms with Gasteiger partial charge in [-0.15, -0.1) is 0 Å². The maximum absolute atomic E-state index is 12.4. The van der Waals surface area contributed by atoms with Gasteiger partial charge in [-0.05, 0) is 37.1 Å². The lowest BCUT2D eigenvalue weighted by molar-refractivity contribution is -0.137. The molecule has 0 bridgehead atoms. The van der Waals surface area contributed by atoms with Gasteiger partial charge in [-0.25, -0.2) is 0 Å². The van der Waals surface area contributed by atoms with Gasteiger partial charge in [-0.3, -0.25) is 14.4 Å². The van der Waals surface area contributed by atoms with Gasteiger partial charge in [0.1, 0.15) is 6.54 Å². The highest BCUT2D eigenvalue weighted by atomic mass is 16.2. The summed E-state index contributed by atoms with van der Waals surface area (Å²) in [5.74, 6) is 0.0113. The van der Waals surface area contributed by atoms with E-state index in [4.69, 9.17) is 5.26 Å². The highest BCUT2D eigenvalue weighted by Gasteiger charge is 2.28. The summed E-state index contributed by atoms with van der Waals surface area (Å²) >= 11 is 0. The van der Waals surface area contributed by atoms with Gasteiger partial charge in [0.05, 0.1) is 11.6 Å². The molecule has 2 fully saturated rings. The molecular weight excluding hydrogens is 332 g/mol. The third-order valence-electron chi connectivity index (χ3n) is 4.87. The van der Waals surface area contributed by atoms with E-state index in [0.29, 0.717) is 44.5 Å². The number of carbonyl (C=O) groups is 3. The molecule has 2 aliphatic heterocycles. The van der Waals surface area contributed by atoms with Crippen LogP contribution in [0.3, 0.4) is 0 Å². The van der Waals surface area contributed by atoms with Crippen LogP contribution in [0.25, 0.3) is 0 Å². The molecule has 0 N–H and O–H groups in total. The van der Waals surface area contributed by atoms with Gasteiger partial charge in [0.15, 0.2) is 0 Å². The predicted molar refractivity (Wildman–Crippen MR) is 95.1 cm³/mol. The number of carbonyl (C=O) groups excluding carboxylic acids is 3. The van der Waals surface area contributed by atoms with Crippen LogP contribution >= 0.6 is 0 Å². The van der Waals surface area contributed by atoms with Crippen LogP contribution in [0.1, 0.15) is 31.2 Å². The Hall–Kier alpha value is -2.88. The van der Waals surface area contributed by atoms with Crippen molar-refractivity contribution in [3.05, 3.63) is 29.8 Å². The summed E-state index contributed by atoms with van der Waals surface area (Å²) in [7, 11) is 0. The number of benzene rings is 1. The van der Waals surface area contributed by atoms with Gasteiger partial charge in [0, 0.05) is 44.7 Å². The fourth-order valence-electron chi connectivity index (χ4n) is 3.39. The summed E-state index contributed by atoms with van der Waals surface area (Å²) in [5, 5.41) is 8.84. The lowest BCUT2D eigenvalue weighted by Crippen LogP contribution is -2.52. The smallest absolute Gasteiger partial charge is 0.246 e. The molecule has 2 aliphatic rings. The van der Waals surface area contributed by atoms with Crippen molar-refractivity contribution < 1.29 is 14.4 Å². The maximum atomic E-state index is 12.4. The minimum atomic E-state index is -0.121. The zero-order valence-corrected chi connectivity index (χ0v) is 14.7. The van der Waals surface area contributed by atoms with E-state index in [1.807, 2.05) is 0 Å². The Labute approximate surface area is 152 Å². The number of anilines is 1. The zero-order chi connectivity index (χ0) is 18.5. The van der Waals surface area contributed by atoms with E-state index in [0.717, 1.165) is 18.7 Å². The van der Waals surface area contributed by atoms with Crippen LogP contribution in [0.2, 0.25) is 0 Å². The van der Waals surface area contributed by atoms with Gasteiger partial charge in [0.2, 0.25) is 17.7 Å². The Morgan fingerprint density at radius 3 is 2.46 bits per heavy atom. The molecule has 0 saturated carbocycles. The van der Waals surface area contributed by atoms with Crippen molar-refractivity contribution in [3.8, 4) is 6.07 Å². The van der Waals surface area contributed by atoms with Crippen molar-refractivity contribution in [2.75, 3.05) is 37.6 Å². The van der Waals surface area contributed by atoms with Crippen LogP contribution < -0.4 is 4.90 Å². The number of rotatable bonds is 5. The Kier molecular flexibility index (Phi) is 5.52. The van der Waals surface area contributed by atoms with Gasteiger partial charge in [0.25, 0.3) is 0 Å². The summed E-state index contributed by atoms with van der Waals surface area (Å²) in [5.41, 5.74) is 1.29. The maximum Gasteiger partial charge on any atom is 0.246 e. The molecule has 3 amide bonds. The molecule has 1 aromatic rings. The van der Waals surface area contributed by atoms with E-state index in [2.05, 4.69) is 6.07 Å². The van der Waals surface area contributed by atoms with Crippen LogP contribution in [0.5, 0.6) is 0 Å². The molecule has 0 radical (unpaired) electrons. The van der Waals surface area contributed by atoms with Crippen molar-refractivity contribution in [2.45, 2.75) is 25.7 Å². The summed E-state index contributed by atoms with van der Waals surface area (Å²) in [4.78, 5) is 41.4. The van der Waals surface area contributed by atoms with Crippen molar-refractivity contribution in [1.82, 2.24) is 9.80 Å². The van der Waals surface area contributed by atoms with E-state index in [9.17, 15) is 14.4 Å². The Morgan fingerprint density at radius 1 is 1.08 bits per heavy atom. The third kappa shape index (κ3) is 4.02. The predicted octanol–water partition coefficient (Wildman–Crippen LogP) is 1.14. The summed E-state index contributed by atoms with van der Waals surface area (Å²) in [6, 6.07) is 8.91. The Morgan fingerprint density at radius 2 is 1.85 bits per heavy atom. The molecule has 7 nitrogen and oxygen atoms in total. The first-order chi connectivity index (χ1) is 12.6. The third-order valence-corrected chi connectivity index (χ3v) is 4.87. The second kappa shape index (κ2) is 8.00. The van der Waals surface area contributed by atoms with E-state index in [1.54, 1.807) is 39.0 Å². The highest BCUT2D eigenvalue weighted by molar-refractivity contribution is 5.98. The van der Waals surface area contributed by atoms with Crippen LogP contribution in [0.4, 0.5) is 5.69 Å². The average Bonchev–Trinajstić information content (AvgIpc) is 3.06. The molecule has 2 heterocycles. The van der Waals surface area contributed by atoms with Crippen molar-refractivity contribution in [1.29, 1.82) is 5.26 Å². The summed E-state index contributed by atoms with van der Waals surface area (Å²) < 4.78 is 0. The first kappa shape index (κ1) is 17.9.